The molecular formula is C10H8ClN3O. The smallest absolute Gasteiger partial charge is 0.268 e. The maximum absolute atomic E-state index is 11.6. The molecule has 5 heteroatoms. The predicted molar refractivity (Wildman–Crippen MR) is 57.4 cm³/mol. The Balaban J connectivity index is 2.11. The average Bonchev–Trinajstić information content (AvgIpc) is 2.71. The topological polar surface area (TPSA) is 46.9 Å². The lowest BCUT2D eigenvalue weighted by molar-refractivity contribution is 0.101. The third-order valence-electron chi connectivity index (χ3n) is 1.82. The van der Waals surface area contributed by atoms with E-state index in [-0.39, 0.29) is 5.91 Å². The lowest BCUT2D eigenvalue weighted by Crippen LogP contribution is -2.21. The molecule has 2 rings (SSSR count). The quantitative estimate of drug-likeness (QED) is 0.788. The Morgan fingerprint density at radius 3 is 2.67 bits per heavy atom. The number of amides is 1. The number of nitrogens with zero attached hydrogens (tertiary/aromatic N) is 2. The summed E-state index contributed by atoms with van der Waals surface area (Å²) in [5.74, 6) is -0.227. The second-order valence-electron chi connectivity index (χ2n) is 2.90. The van der Waals surface area contributed by atoms with Crippen LogP contribution in [0.4, 0.5) is 0 Å². The molecule has 1 N–H and O–H groups in total. The molecule has 76 valence electrons. The van der Waals surface area contributed by atoms with E-state index in [0.29, 0.717) is 10.7 Å². The van der Waals surface area contributed by atoms with Gasteiger partial charge in [0.15, 0.2) is 0 Å². The lowest BCUT2D eigenvalue weighted by Gasteiger charge is -2.05. The molecule has 0 spiro atoms. The predicted octanol–water partition coefficient (Wildman–Crippen LogP) is 1.92. The summed E-state index contributed by atoms with van der Waals surface area (Å²) < 4.78 is 1.57. The minimum absolute atomic E-state index is 0.227. The van der Waals surface area contributed by atoms with Crippen LogP contribution in [0, 0.1) is 0 Å². The summed E-state index contributed by atoms with van der Waals surface area (Å²) in [6.45, 7) is 0. The number of carbonyl (C=O) groups excluding carboxylic acids is 1. The van der Waals surface area contributed by atoms with Crippen LogP contribution in [0.15, 0.2) is 42.9 Å². The van der Waals surface area contributed by atoms with E-state index < -0.39 is 0 Å². The summed E-state index contributed by atoms with van der Waals surface area (Å²) in [4.78, 5) is 15.4. The zero-order valence-corrected chi connectivity index (χ0v) is 8.48. The fraction of sp³-hybridized carbons (Fsp3) is 0. The van der Waals surface area contributed by atoms with Gasteiger partial charge in [-0.25, -0.2) is 4.98 Å². The molecular weight excluding hydrogens is 214 g/mol. The Bertz CT molecular complexity index is 450. The van der Waals surface area contributed by atoms with Crippen LogP contribution in [0.1, 0.15) is 10.4 Å². The number of pyridine rings is 1. The molecule has 0 bridgehead atoms. The van der Waals surface area contributed by atoms with Crippen molar-refractivity contribution in [2.75, 3.05) is 5.43 Å². The van der Waals surface area contributed by atoms with E-state index in [9.17, 15) is 4.79 Å². The number of rotatable bonds is 2. The Hall–Kier alpha value is -1.81. The van der Waals surface area contributed by atoms with Crippen molar-refractivity contribution < 1.29 is 4.79 Å². The molecule has 1 amide bonds. The normalized spacial score (nSPS) is 9.93. The molecule has 0 atom stereocenters. The summed E-state index contributed by atoms with van der Waals surface area (Å²) >= 11 is 5.61. The monoisotopic (exact) mass is 221 g/mol. The highest BCUT2D eigenvalue weighted by Crippen LogP contribution is 2.05. The molecule has 15 heavy (non-hydrogen) atoms. The largest absolute Gasteiger partial charge is 0.271 e. The van der Waals surface area contributed by atoms with Crippen molar-refractivity contribution in [3.05, 3.63) is 53.6 Å². The fourth-order valence-corrected chi connectivity index (χ4v) is 1.21. The van der Waals surface area contributed by atoms with E-state index >= 15 is 0 Å². The highest BCUT2D eigenvalue weighted by atomic mass is 35.5. The van der Waals surface area contributed by atoms with Gasteiger partial charge in [-0.3, -0.25) is 14.9 Å². The molecule has 2 heterocycles. The van der Waals surface area contributed by atoms with Gasteiger partial charge in [0.25, 0.3) is 5.91 Å². The number of halogens is 1. The van der Waals surface area contributed by atoms with Crippen molar-refractivity contribution in [3.8, 4) is 0 Å². The van der Waals surface area contributed by atoms with Crippen molar-refractivity contribution in [3.63, 3.8) is 0 Å². The molecule has 0 saturated heterocycles. The third-order valence-corrected chi connectivity index (χ3v) is 2.05. The van der Waals surface area contributed by atoms with Crippen LogP contribution in [-0.4, -0.2) is 15.6 Å². The Morgan fingerprint density at radius 1 is 1.33 bits per heavy atom. The molecule has 0 radical (unpaired) electrons. The first-order valence-electron chi connectivity index (χ1n) is 4.31. The third kappa shape index (κ3) is 2.35. The molecule has 4 nitrogen and oxygen atoms in total. The van der Waals surface area contributed by atoms with E-state index in [1.807, 2.05) is 12.1 Å². The molecule has 0 unspecified atom stereocenters. The first-order valence-corrected chi connectivity index (χ1v) is 4.69. The first kappa shape index (κ1) is 9.73. The maximum atomic E-state index is 11.6. The van der Waals surface area contributed by atoms with E-state index in [0.717, 1.165) is 0 Å². The number of aromatic nitrogens is 2. The van der Waals surface area contributed by atoms with Gasteiger partial charge in [0.1, 0.15) is 5.15 Å². The summed E-state index contributed by atoms with van der Waals surface area (Å²) in [7, 11) is 0. The summed E-state index contributed by atoms with van der Waals surface area (Å²) in [5, 5.41) is 0.368. The standard InChI is InChI=1S/C10H8ClN3O/c11-9-4-3-8(7-12-9)10(15)13-14-5-1-2-6-14/h1-7H,(H,13,15). The first-order chi connectivity index (χ1) is 7.25. The summed E-state index contributed by atoms with van der Waals surface area (Å²) in [5.41, 5.74) is 3.12. The van der Waals surface area contributed by atoms with Gasteiger partial charge in [-0.2, -0.15) is 0 Å². The van der Waals surface area contributed by atoms with Crippen LogP contribution in [0.25, 0.3) is 0 Å². The fourth-order valence-electron chi connectivity index (χ4n) is 1.10. The minimum Gasteiger partial charge on any atom is -0.268 e. The summed E-state index contributed by atoms with van der Waals surface area (Å²) in [6.07, 6.45) is 4.91. The van der Waals surface area contributed by atoms with Crippen molar-refractivity contribution in [1.82, 2.24) is 9.66 Å². The molecule has 0 aliphatic carbocycles. The van der Waals surface area contributed by atoms with Crippen molar-refractivity contribution >= 4 is 17.5 Å². The van der Waals surface area contributed by atoms with E-state index in [2.05, 4.69) is 10.4 Å². The number of carbonyl (C=O) groups is 1. The molecule has 0 aromatic carbocycles. The van der Waals surface area contributed by atoms with Crippen molar-refractivity contribution in [2.45, 2.75) is 0 Å². The van der Waals surface area contributed by atoms with Gasteiger partial charge < -0.3 is 0 Å². The molecule has 2 aromatic rings. The molecule has 2 aromatic heterocycles. The van der Waals surface area contributed by atoms with Crippen LogP contribution in [0.5, 0.6) is 0 Å². The Morgan fingerprint density at radius 2 is 2.07 bits per heavy atom. The zero-order chi connectivity index (χ0) is 10.7. The van der Waals surface area contributed by atoms with Crippen LogP contribution in [0.3, 0.4) is 0 Å². The number of hydrogen-bond donors (Lipinski definition) is 1. The van der Waals surface area contributed by atoms with Gasteiger partial charge in [-0.1, -0.05) is 11.6 Å². The van der Waals surface area contributed by atoms with Gasteiger partial charge in [-0.05, 0) is 24.3 Å². The highest BCUT2D eigenvalue weighted by Gasteiger charge is 2.05. The zero-order valence-electron chi connectivity index (χ0n) is 7.72. The average molecular weight is 222 g/mol. The highest BCUT2D eigenvalue weighted by molar-refractivity contribution is 6.29. The lowest BCUT2D eigenvalue weighted by atomic mass is 10.3. The van der Waals surface area contributed by atoms with Gasteiger partial charge in [0.2, 0.25) is 0 Å². The second-order valence-corrected chi connectivity index (χ2v) is 3.29. The number of nitrogens with one attached hydrogen (secondary N) is 1. The van der Waals surface area contributed by atoms with Crippen molar-refractivity contribution in [1.29, 1.82) is 0 Å². The minimum atomic E-state index is -0.227. The molecule has 0 fully saturated rings. The maximum Gasteiger partial charge on any atom is 0.271 e. The van der Waals surface area contributed by atoms with Gasteiger partial charge in [0, 0.05) is 18.6 Å². The molecule has 0 aliphatic rings. The Kier molecular flexibility index (Phi) is 2.69. The SMILES string of the molecule is O=C(Nn1cccc1)c1ccc(Cl)nc1. The van der Waals surface area contributed by atoms with Crippen LogP contribution in [0.2, 0.25) is 5.15 Å². The van der Waals surface area contributed by atoms with Gasteiger partial charge in [-0.15, -0.1) is 0 Å². The van der Waals surface area contributed by atoms with Crippen LogP contribution >= 0.6 is 11.6 Å². The number of hydrogen-bond acceptors (Lipinski definition) is 2. The Labute approximate surface area is 91.5 Å². The van der Waals surface area contributed by atoms with Gasteiger partial charge >= 0.3 is 0 Å². The summed E-state index contributed by atoms with van der Waals surface area (Å²) in [6, 6.07) is 6.83. The van der Waals surface area contributed by atoms with E-state index in [4.69, 9.17) is 11.6 Å². The second kappa shape index (κ2) is 4.14. The van der Waals surface area contributed by atoms with Crippen molar-refractivity contribution in [2.24, 2.45) is 0 Å². The van der Waals surface area contributed by atoms with Crippen LogP contribution < -0.4 is 5.43 Å². The molecule has 0 aliphatic heterocycles. The van der Waals surface area contributed by atoms with Gasteiger partial charge in [0.05, 0.1) is 5.56 Å². The van der Waals surface area contributed by atoms with E-state index in [1.54, 1.807) is 29.2 Å². The van der Waals surface area contributed by atoms with E-state index in [1.165, 1.54) is 6.20 Å². The molecule has 0 saturated carbocycles. The van der Waals surface area contributed by atoms with Crippen LogP contribution in [-0.2, 0) is 0 Å².